The number of hydrogen-bond acceptors (Lipinski definition) is 6. The van der Waals surface area contributed by atoms with E-state index in [0.29, 0.717) is 16.7 Å². The lowest BCUT2D eigenvalue weighted by molar-refractivity contribution is 0.0950. The van der Waals surface area contributed by atoms with E-state index in [1.165, 1.54) is 21.8 Å². The molecule has 2 rings (SSSR count). The minimum atomic E-state index is -0.176. The Morgan fingerprint density at radius 1 is 1.44 bits per heavy atom. The summed E-state index contributed by atoms with van der Waals surface area (Å²) < 4.78 is 0. The van der Waals surface area contributed by atoms with Gasteiger partial charge in [-0.15, -0.1) is 21.5 Å². The van der Waals surface area contributed by atoms with E-state index in [1.54, 1.807) is 18.4 Å². The average molecular weight is 282 g/mol. The largest absolute Gasteiger partial charge is 0.363 e. The lowest BCUT2D eigenvalue weighted by Crippen LogP contribution is -2.22. The Balaban J connectivity index is 1.96. The maximum Gasteiger partial charge on any atom is 0.282 e. The zero-order chi connectivity index (χ0) is 13.0. The van der Waals surface area contributed by atoms with Gasteiger partial charge in [-0.05, 0) is 23.4 Å². The van der Waals surface area contributed by atoms with Crippen molar-refractivity contribution in [3.63, 3.8) is 0 Å². The molecule has 0 bridgehead atoms. The van der Waals surface area contributed by atoms with Crippen LogP contribution in [0.3, 0.4) is 0 Å². The normalized spacial score (nSPS) is 10.3. The van der Waals surface area contributed by atoms with Gasteiger partial charge in [0, 0.05) is 11.9 Å². The predicted molar refractivity (Wildman–Crippen MR) is 74.3 cm³/mol. The maximum atomic E-state index is 11.8. The monoisotopic (exact) mass is 282 g/mol. The molecular formula is C11H14N4OS2. The van der Waals surface area contributed by atoms with Gasteiger partial charge in [-0.3, -0.25) is 4.79 Å². The molecule has 0 atom stereocenters. The number of rotatable bonds is 5. The topological polar surface area (TPSA) is 66.9 Å². The summed E-state index contributed by atoms with van der Waals surface area (Å²) in [5, 5.41) is 16.5. The van der Waals surface area contributed by atoms with Crippen molar-refractivity contribution < 1.29 is 4.79 Å². The van der Waals surface area contributed by atoms with Crippen LogP contribution in [-0.2, 0) is 13.0 Å². The molecule has 2 aromatic rings. The Bertz CT molecular complexity index is 535. The van der Waals surface area contributed by atoms with E-state index in [4.69, 9.17) is 0 Å². The number of anilines is 1. The molecule has 0 radical (unpaired) electrons. The highest BCUT2D eigenvalue weighted by atomic mass is 32.1. The van der Waals surface area contributed by atoms with Crippen molar-refractivity contribution in [2.45, 2.75) is 19.9 Å². The first-order chi connectivity index (χ1) is 8.74. The van der Waals surface area contributed by atoms with Crippen LogP contribution in [0.5, 0.6) is 0 Å². The summed E-state index contributed by atoms with van der Waals surface area (Å²) in [6, 6.07) is 2.09. The molecule has 96 valence electrons. The van der Waals surface area contributed by atoms with Gasteiger partial charge >= 0.3 is 0 Å². The van der Waals surface area contributed by atoms with Gasteiger partial charge in [0.2, 0.25) is 10.1 Å². The van der Waals surface area contributed by atoms with Crippen LogP contribution in [0.4, 0.5) is 5.13 Å². The molecule has 0 saturated carbocycles. The van der Waals surface area contributed by atoms with Crippen LogP contribution in [0.15, 0.2) is 11.4 Å². The predicted octanol–water partition coefficient (Wildman–Crippen LogP) is 2.13. The minimum Gasteiger partial charge on any atom is -0.363 e. The number of carbonyl (C=O) groups is 1. The van der Waals surface area contributed by atoms with Crippen molar-refractivity contribution in [2.24, 2.45) is 0 Å². The molecule has 0 saturated heterocycles. The van der Waals surface area contributed by atoms with Crippen LogP contribution in [0.2, 0.25) is 0 Å². The van der Waals surface area contributed by atoms with E-state index >= 15 is 0 Å². The van der Waals surface area contributed by atoms with Crippen molar-refractivity contribution >= 4 is 33.7 Å². The molecule has 0 aliphatic carbocycles. The molecule has 0 aromatic carbocycles. The summed E-state index contributed by atoms with van der Waals surface area (Å²) in [6.07, 6.45) is 0.984. The molecule has 2 N–H and O–H groups in total. The van der Waals surface area contributed by atoms with Gasteiger partial charge in [-0.2, -0.15) is 0 Å². The lowest BCUT2D eigenvalue weighted by Gasteiger charge is -2.02. The van der Waals surface area contributed by atoms with Crippen molar-refractivity contribution in [2.75, 3.05) is 12.4 Å². The van der Waals surface area contributed by atoms with Crippen LogP contribution >= 0.6 is 22.7 Å². The molecule has 2 aromatic heterocycles. The maximum absolute atomic E-state index is 11.8. The van der Waals surface area contributed by atoms with E-state index < -0.39 is 0 Å². The number of aryl methyl sites for hydroxylation is 1. The molecular weight excluding hydrogens is 268 g/mol. The second kappa shape index (κ2) is 5.92. The summed E-state index contributed by atoms with van der Waals surface area (Å²) in [5.41, 5.74) is 1.29. The molecule has 0 aliphatic heterocycles. The zero-order valence-corrected chi connectivity index (χ0v) is 11.8. The summed E-state index contributed by atoms with van der Waals surface area (Å²) in [6.45, 7) is 2.66. The second-order valence-corrected chi connectivity index (χ2v) is 5.55. The highest BCUT2D eigenvalue weighted by Crippen LogP contribution is 2.18. The van der Waals surface area contributed by atoms with Gasteiger partial charge in [-0.1, -0.05) is 18.3 Å². The minimum absolute atomic E-state index is 0.176. The molecule has 5 nitrogen and oxygen atoms in total. The smallest absolute Gasteiger partial charge is 0.282 e. The third-order valence-corrected chi connectivity index (χ3v) is 4.36. The van der Waals surface area contributed by atoms with E-state index in [9.17, 15) is 4.79 Å². The Kier molecular flexibility index (Phi) is 4.27. The highest BCUT2D eigenvalue weighted by molar-refractivity contribution is 7.17. The van der Waals surface area contributed by atoms with Gasteiger partial charge in [0.25, 0.3) is 5.91 Å². The van der Waals surface area contributed by atoms with Crippen molar-refractivity contribution in [3.05, 3.63) is 26.9 Å². The van der Waals surface area contributed by atoms with Crippen molar-refractivity contribution in [1.29, 1.82) is 0 Å². The molecule has 0 unspecified atom stereocenters. The van der Waals surface area contributed by atoms with Gasteiger partial charge in [0.15, 0.2) is 0 Å². The zero-order valence-electron chi connectivity index (χ0n) is 10.2. The fraction of sp³-hybridized carbons (Fsp3) is 0.364. The first-order valence-corrected chi connectivity index (χ1v) is 7.29. The Labute approximate surface area is 113 Å². The third-order valence-electron chi connectivity index (χ3n) is 2.46. The fourth-order valence-electron chi connectivity index (χ4n) is 1.49. The highest BCUT2D eigenvalue weighted by Gasteiger charge is 2.12. The number of thiophene rings is 1. The van der Waals surface area contributed by atoms with E-state index in [0.717, 1.165) is 6.42 Å². The number of nitrogens with zero attached hydrogens (tertiary/aromatic N) is 2. The van der Waals surface area contributed by atoms with Gasteiger partial charge in [0.1, 0.15) is 0 Å². The SMILES string of the molecule is CCc1ccsc1CNC(=O)c1nnc(NC)s1. The lowest BCUT2D eigenvalue weighted by atomic mass is 10.2. The number of carbonyl (C=O) groups excluding carboxylic acids is 1. The number of aromatic nitrogens is 2. The van der Waals surface area contributed by atoms with Crippen LogP contribution in [-0.4, -0.2) is 23.2 Å². The quantitative estimate of drug-likeness (QED) is 0.881. The van der Waals surface area contributed by atoms with Gasteiger partial charge in [-0.25, -0.2) is 0 Å². The summed E-state index contributed by atoms with van der Waals surface area (Å²) >= 11 is 2.91. The molecule has 7 heteroatoms. The third kappa shape index (κ3) is 2.85. The van der Waals surface area contributed by atoms with E-state index in [1.807, 2.05) is 5.38 Å². The molecule has 0 spiro atoms. The summed E-state index contributed by atoms with van der Waals surface area (Å²) in [4.78, 5) is 13.0. The summed E-state index contributed by atoms with van der Waals surface area (Å²) in [7, 11) is 1.75. The van der Waals surface area contributed by atoms with Gasteiger partial charge < -0.3 is 10.6 Å². The number of nitrogens with one attached hydrogen (secondary N) is 2. The molecule has 0 fully saturated rings. The molecule has 18 heavy (non-hydrogen) atoms. The number of hydrogen-bond donors (Lipinski definition) is 2. The standard InChI is InChI=1S/C11H14N4OS2/c1-3-7-4-5-17-8(7)6-13-9(16)10-14-15-11(12-2)18-10/h4-5H,3,6H2,1-2H3,(H,12,15)(H,13,16). The Morgan fingerprint density at radius 2 is 2.28 bits per heavy atom. The van der Waals surface area contributed by atoms with E-state index in [-0.39, 0.29) is 5.91 Å². The number of amides is 1. The molecule has 0 aliphatic rings. The Hall–Kier alpha value is -1.47. The van der Waals surface area contributed by atoms with Crippen LogP contribution in [0.25, 0.3) is 0 Å². The average Bonchev–Trinajstić information content (AvgIpc) is 3.04. The molecule has 2 heterocycles. The first kappa shape index (κ1) is 13.0. The Morgan fingerprint density at radius 3 is 2.94 bits per heavy atom. The van der Waals surface area contributed by atoms with Crippen LogP contribution < -0.4 is 10.6 Å². The first-order valence-electron chi connectivity index (χ1n) is 5.59. The fourth-order valence-corrected chi connectivity index (χ4v) is 3.02. The van der Waals surface area contributed by atoms with E-state index in [2.05, 4.69) is 33.8 Å². The van der Waals surface area contributed by atoms with Crippen LogP contribution in [0.1, 0.15) is 27.2 Å². The van der Waals surface area contributed by atoms with Crippen LogP contribution in [0, 0.1) is 0 Å². The van der Waals surface area contributed by atoms with Crippen molar-refractivity contribution in [1.82, 2.24) is 15.5 Å². The van der Waals surface area contributed by atoms with Gasteiger partial charge in [0.05, 0.1) is 6.54 Å². The van der Waals surface area contributed by atoms with Crippen molar-refractivity contribution in [3.8, 4) is 0 Å². The molecule has 1 amide bonds. The second-order valence-electron chi connectivity index (χ2n) is 3.57. The summed E-state index contributed by atoms with van der Waals surface area (Å²) in [5.74, 6) is -0.176.